The maximum Gasteiger partial charge on any atom is 0.303 e. The van der Waals surface area contributed by atoms with Gasteiger partial charge in [0.25, 0.3) is 0 Å². The normalized spacial score (nSPS) is 9.65. The van der Waals surface area contributed by atoms with Gasteiger partial charge < -0.3 is 5.11 Å². The van der Waals surface area contributed by atoms with E-state index in [-0.39, 0.29) is 6.42 Å². The molecular weight excluding hydrogens is 248 g/mol. The Balaban J connectivity index is 2.12. The van der Waals surface area contributed by atoms with E-state index in [4.69, 9.17) is 5.11 Å². The lowest BCUT2D eigenvalue weighted by molar-refractivity contribution is -0.136. The van der Waals surface area contributed by atoms with Crippen LogP contribution in [0.4, 0.5) is 0 Å². The van der Waals surface area contributed by atoms with Gasteiger partial charge in [0.1, 0.15) is 0 Å². The van der Waals surface area contributed by atoms with Gasteiger partial charge in [0, 0.05) is 12.0 Å². The zero-order valence-electron chi connectivity index (χ0n) is 11.4. The number of carboxylic acid groups (broad SMARTS) is 1. The number of carboxylic acids is 1. The summed E-state index contributed by atoms with van der Waals surface area (Å²) >= 11 is 0. The van der Waals surface area contributed by atoms with E-state index >= 15 is 0 Å². The van der Waals surface area contributed by atoms with Crippen LogP contribution in [0.15, 0.2) is 48.5 Å². The molecule has 0 bridgehead atoms. The predicted molar refractivity (Wildman–Crippen MR) is 80.4 cm³/mol. The molecule has 0 aliphatic rings. The molecule has 0 aromatic heterocycles. The van der Waals surface area contributed by atoms with Crippen LogP contribution < -0.4 is 0 Å². The Hall–Kier alpha value is -2.53. The smallest absolute Gasteiger partial charge is 0.303 e. The van der Waals surface area contributed by atoms with E-state index in [0.717, 1.165) is 22.3 Å². The lowest BCUT2D eigenvalue weighted by Gasteiger charge is -2.04. The molecule has 0 radical (unpaired) electrons. The summed E-state index contributed by atoms with van der Waals surface area (Å²) in [7, 11) is 0. The van der Waals surface area contributed by atoms with Gasteiger partial charge >= 0.3 is 5.97 Å². The molecule has 1 N–H and O–H groups in total. The van der Waals surface area contributed by atoms with Crippen molar-refractivity contribution >= 4 is 5.97 Å². The van der Waals surface area contributed by atoms with Crippen LogP contribution in [0.5, 0.6) is 0 Å². The Bertz CT molecular complexity index is 641. The molecule has 0 amide bonds. The molecule has 0 saturated heterocycles. The van der Waals surface area contributed by atoms with Crippen LogP contribution in [-0.2, 0) is 11.2 Å². The van der Waals surface area contributed by atoms with Gasteiger partial charge in [-0.3, -0.25) is 4.79 Å². The monoisotopic (exact) mass is 264 g/mol. The van der Waals surface area contributed by atoms with Gasteiger partial charge in [-0.2, -0.15) is 0 Å². The first kappa shape index (κ1) is 13.9. The lowest BCUT2D eigenvalue weighted by atomic mass is 10.0. The molecule has 2 aromatic rings. The first-order chi connectivity index (χ1) is 9.69. The average Bonchev–Trinajstić information content (AvgIpc) is 2.47. The van der Waals surface area contributed by atoms with Crippen molar-refractivity contribution in [2.75, 3.05) is 0 Å². The molecule has 2 heteroatoms. The molecule has 2 nitrogen and oxygen atoms in total. The third kappa shape index (κ3) is 3.73. The van der Waals surface area contributed by atoms with E-state index in [1.54, 1.807) is 0 Å². The van der Waals surface area contributed by atoms with E-state index in [2.05, 4.69) is 11.8 Å². The summed E-state index contributed by atoms with van der Waals surface area (Å²) in [6.07, 6.45) is 0.740. The van der Waals surface area contributed by atoms with Crippen LogP contribution in [-0.4, -0.2) is 11.1 Å². The van der Waals surface area contributed by atoms with Crippen LogP contribution in [0, 0.1) is 11.8 Å². The van der Waals surface area contributed by atoms with Gasteiger partial charge in [0.15, 0.2) is 0 Å². The topological polar surface area (TPSA) is 37.3 Å². The molecule has 100 valence electrons. The first-order valence-corrected chi connectivity index (χ1v) is 6.53. The second kappa shape index (κ2) is 6.58. The molecule has 2 rings (SSSR count). The molecule has 0 atom stereocenters. The second-order valence-corrected chi connectivity index (χ2v) is 4.54. The Morgan fingerprint density at radius 2 is 1.55 bits per heavy atom. The van der Waals surface area contributed by atoms with E-state index in [9.17, 15) is 4.79 Å². The Morgan fingerprint density at radius 1 is 1.00 bits per heavy atom. The largest absolute Gasteiger partial charge is 0.481 e. The highest BCUT2D eigenvalue weighted by Crippen LogP contribution is 2.20. The molecule has 0 aliphatic carbocycles. The van der Waals surface area contributed by atoms with Gasteiger partial charge in [0.05, 0.1) is 0 Å². The number of hydrogen-bond donors (Lipinski definition) is 1. The van der Waals surface area contributed by atoms with Crippen LogP contribution >= 0.6 is 0 Å². The third-order valence-corrected chi connectivity index (χ3v) is 3.07. The van der Waals surface area contributed by atoms with Gasteiger partial charge in [-0.05, 0) is 42.2 Å². The number of hydrogen-bond acceptors (Lipinski definition) is 1. The summed E-state index contributed by atoms with van der Waals surface area (Å²) in [5, 5.41) is 8.67. The molecular formula is C18H16O2. The van der Waals surface area contributed by atoms with Crippen molar-refractivity contribution in [3.05, 3.63) is 59.7 Å². The van der Waals surface area contributed by atoms with Crippen LogP contribution in [0.3, 0.4) is 0 Å². The molecule has 0 heterocycles. The first-order valence-electron chi connectivity index (χ1n) is 6.53. The van der Waals surface area contributed by atoms with Crippen molar-refractivity contribution in [2.45, 2.75) is 19.8 Å². The lowest BCUT2D eigenvalue weighted by Crippen LogP contribution is -1.97. The SMILES string of the molecule is CC#Cc1ccc(-c2ccc(CCC(=O)O)cc2)cc1. The van der Waals surface area contributed by atoms with Crippen LogP contribution in [0.2, 0.25) is 0 Å². The molecule has 0 aliphatic heterocycles. The Morgan fingerprint density at radius 3 is 2.05 bits per heavy atom. The Labute approximate surface area is 119 Å². The summed E-state index contributed by atoms with van der Waals surface area (Å²) in [5.41, 5.74) is 4.32. The second-order valence-electron chi connectivity index (χ2n) is 4.54. The van der Waals surface area contributed by atoms with Gasteiger partial charge in [-0.1, -0.05) is 42.3 Å². The molecule has 2 aromatic carbocycles. The van der Waals surface area contributed by atoms with Crippen molar-refractivity contribution in [3.63, 3.8) is 0 Å². The van der Waals surface area contributed by atoms with Crippen molar-refractivity contribution in [3.8, 4) is 23.0 Å². The maximum atomic E-state index is 10.5. The number of benzene rings is 2. The molecule has 0 fully saturated rings. The summed E-state index contributed by atoms with van der Waals surface area (Å²) in [6, 6.07) is 16.1. The zero-order valence-corrected chi connectivity index (χ0v) is 11.4. The fraction of sp³-hybridized carbons (Fsp3) is 0.167. The summed E-state index contributed by atoms with van der Waals surface area (Å²) in [6.45, 7) is 1.82. The fourth-order valence-electron chi connectivity index (χ4n) is 2.01. The van der Waals surface area contributed by atoms with Crippen molar-refractivity contribution in [2.24, 2.45) is 0 Å². The van der Waals surface area contributed by atoms with Gasteiger partial charge in [0.2, 0.25) is 0 Å². The van der Waals surface area contributed by atoms with Crippen molar-refractivity contribution < 1.29 is 9.90 Å². The van der Waals surface area contributed by atoms with Crippen molar-refractivity contribution in [1.29, 1.82) is 0 Å². The predicted octanol–water partition coefficient (Wildman–Crippen LogP) is 3.74. The zero-order chi connectivity index (χ0) is 14.4. The van der Waals surface area contributed by atoms with E-state index < -0.39 is 5.97 Å². The van der Waals surface area contributed by atoms with Crippen LogP contribution in [0.25, 0.3) is 11.1 Å². The summed E-state index contributed by atoms with van der Waals surface area (Å²) in [5.74, 6) is 5.13. The van der Waals surface area contributed by atoms with E-state index in [0.29, 0.717) is 6.42 Å². The maximum absolute atomic E-state index is 10.5. The minimum absolute atomic E-state index is 0.170. The quantitative estimate of drug-likeness (QED) is 0.854. The van der Waals surface area contributed by atoms with Crippen molar-refractivity contribution in [1.82, 2.24) is 0 Å². The third-order valence-electron chi connectivity index (χ3n) is 3.07. The Kier molecular flexibility index (Phi) is 4.57. The van der Waals surface area contributed by atoms with Gasteiger partial charge in [-0.25, -0.2) is 0 Å². The summed E-state index contributed by atoms with van der Waals surface area (Å²) in [4.78, 5) is 10.5. The molecule has 20 heavy (non-hydrogen) atoms. The summed E-state index contributed by atoms with van der Waals surface area (Å²) < 4.78 is 0. The average molecular weight is 264 g/mol. The molecule has 0 spiro atoms. The minimum Gasteiger partial charge on any atom is -0.481 e. The number of aliphatic carboxylic acids is 1. The number of aryl methyl sites for hydroxylation is 1. The highest BCUT2D eigenvalue weighted by atomic mass is 16.4. The number of rotatable bonds is 4. The highest BCUT2D eigenvalue weighted by molar-refractivity contribution is 5.67. The molecule has 0 saturated carbocycles. The highest BCUT2D eigenvalue weighted by Gasteiger charge is 2.01. The minimum atomic E-state index is -0.762. The van der Waals surface area contributed by atoms with E-state index in [1.165, 1.54) is 0 Å². The fourth-order valence-corrected chi connectivity index (χ4v) is 2.01. The van der Waals surface area contributed by atoms with E-state index in [1.807, 2.05) is 55.5 Å². The molecule has 0 unspecified atom stereocenters. The van der Waals surface area contributed by atoms with Gasteiger partial charge in [-0.15, -0.1) is 5.92 Å². The number of carbonyl (C=O) groups is 1. The van der Waals surface area contributed by atoms with Crippen LogP contribution in [0.1, 0.15) is 24.5 Å². The standard InChI is InChI=1S/C18H16O2/c1-2-3-14-4-9-16(10-5-14)17-11-6-15(7-12-17)8-13-18(19)20/h4-7,9-12H,8,13H2,1H3,(H,19,20).